The number of benzene rings is 1. The number of rotatable bonds is 1. The van der Waals surface area contributed by atoms with Crippen LogP contribution in [-0.2, 0) is 5.54 Å². The van der Waals surface area contributed by atoms with Gasteiger partial charge in [-0.25, -0.2) is 4.79 Å². The van der Waals surface area contributed by atoms with Crippen LogP contribution in [-0.4, -0.2) is 34.5 Å². The van der Waals surface area contributed by atoms with Crippen LogP contribution in [0.1, 0.15) is 49.7 Å². The highest BCUT2D eigenvalue weighted by atomic mass is 16.2. The van der Waals surface area contributed by atoms with E-state index in [4.69, 9.17) is 0 Å². The normalized spacial score (nSPS) is 39.3. The SMILES string of the molecule is Cc1cccc([C@@]23C[C@H]4CCC[C@H]4N2C(=O)N2CCC[C@@H]23)c1. The van der Waals surface area contributed by atoms with Gasteiger partial charge in [0.1, 0.15) is 0 Å². The quantitative estimate of drug-likeness (QED) is 0.776. The fraction of sp³-hybridized carbons (Fsp3) is 0.632. The third-order valence-electron chi connectivity index (χ3n) is 6.73. The van der Waals surface area contributed by atoms with Crippen LogP contribution < -0.4 is 0 Å². The average Bonchev–Trinajstić information content (AvgIpc) is 3.22. The Kier molecular flexibility index (Phi) is 2.52. The molecule has 3 aliphatic heterocycles. The second-order valence-electron chi connectivity index (χ2n) is 7.76. The van der Waals surface area contributed by atoms with Crippen molar-refractivity contribution in [2.24, 2.45) is 5.92 Å². The molecule has 0 unspecified atom stereocenters. The molecule has 0 N–H and O–H groups in total. The van der Waals surface area contributed by atoms with Gasteiger partial charge in [0.05, 0.1) is 11.6 Å². The number of nitrogens with zero attached hydrogens (tertiary/aromatic N) is 2. The van der Waals surface area contributed by atoms with Crippen LogP contribution in [0.2, 0.25) is 0 Å². The zero-order valence-electron chi connectivity index (χ0n) is 13.3. The first-order valence-electron chi connectivity index (χ1n) is 8.89. The van der Waals surface area contributed by atoms with Crippen molar-refractivity contribution in [2.75, 3.05) is 6.54 Å². The number of carbonyl (C=O) groups is 1. The zero-order chi connectivity index (χ0) is 14.9. The molecule has 0 radical (unpaired) electrons. The van der Waals surface area contributed by atoms with Crippen molar-refractivity contribution in [3.63, 3.8) is 0 Å². The van der Waals surface area contributed by atoms with E-state index in [0.717, 1.165) is 12.5 Å². The van der Waals surface area contributed by atoms with Gasteiger partial charge in [0.2, 0.25) is 0 Å². The maximum atomic E-state index is 13.1. The monoisotopic (exact) mass is 296 g/mol. The van der Waals surface area contributed by atoms with Crippen molar-refractivity contribution >= 4 is 6.03 Å². The molecule has 1 aromatic carbocycles. The van der Waals surface area contributed by atoms with Crippen LogP contribution in [0.15, 0.2) is 24.3 Å². The number of urea groups is 1. The number of aryl methyl sites for hydroxylation is 1. The average molecular weight is 296 g/mol. The van der Waals surface area contributed by atoms with Crippen LogP contribution in [0.3, 0.4) is 0 Å². The molecule has 0 aromatic heterocycles. The number of hydrogen-bond donors (Lipinski definition) is 0. The Hall–Kier alpha value is -1.51. The summed E-state index contributed by atoms with van der Waals surface area (Å²) in [5.41, 5.74) is 2.67. The van der Waals surface area contributed by atoms with Gasteiger partial charge in [0.25, 0.3) is 0 Å². The highest BCUT2D eigenvalue weighted by molar-refractivity contribution is 5.81. The minimum absolute atomic E-state index is 0.0324. The summed E-state index contributed by atoms with van der Waals surface area (Å²) in [6.07, 6.45) is 7.36. The standard InChI is InChI=1S/C19H24N2O/c1-13-5-2-7-15(11-13)19-12-14-6-3-8-16(14)21(19)18(22)20-10-4-9-17(19)20/h2,5,7,11,14,16-17H,3-4,6,8-10,12H2,1H3/t14-,16-,17-,19-/m1/s1. The molecule has 0 bridgehead atoms. The molecular weight excluding hydrogens is 272 g/mol. The van der Waals surface area contributed by atoms with Crippen LogP contribution in [0, 0.1) is 12.8 Å². The van der Waals surface area contributed by atoms with E-state index < -0.39 is 0 Å². The van der Waals surface area contributed by atoms with Crippen LogP contribution in [0.25, 0.3) is 0 Å². The van der Waals surface area contributed by atoms with Crippen molar-refractivity contribution in [1.82, 2.24) is 9.80 Å². The summed E-state index contributed by atoms with van der Waals surface area (Å²) < 4.78 is 0. The van der Waals surface area contributed by atoms with Gasteiger partial charge in [0.15, 0.2) is 0 Å². The first kappa shape index (κ1) is 13.0. The molecule has 3 saturated heterocycles. The fourth-order valence-corrected chi connectivity index (χ4v) is 5.99. The fourth-order valence-electron chi connectivity index (χ4n) is 5.99. The summed E-state index contributed by atoms with van der Waals surface area (Å²) >= 11 is 0. The molecule has 3 nitrogen and oxygen atoms in total. The summed E-state index contributed by atoms with van der Waals surface area (Å²) in [4.78, 5) is 17.7. The van der Waals surface area contributed by atoms with Crippen LogP contribution in [0.5, 0.6) is 0 Å². The van der Waals surface area contributed by atoms with Gasteiger partial charge >= 0.3 is 6.03 Å². The van der Waals surface area contributed by atoms with Gasteiger partial charge in [0, 0.05) is 12.6 Å². The first-order valence-corrected chi connectivity index (χ1v) is 8.89. The first-order chi connectivity index (χ1) is 10.7. The van der Waals surface area contributed by atoms with Crippen molar-refractivity contribution in [3.05, 3.63) is 35.4 Å². The Balaban J connectivity index is 1.70. The zero-order valence-corrected chi connectivity index (χ0v) is 13.3. The molecule has 2 amide bonds. The van der Waals surface area contributed by atoms with Crippen LogP contribution in [0.4, 0.5) is 4.79 Å². The van der Waals surface area contributed by atoms with E-state index in [1.54, 1.807) is 0 Å². The molecule has 1 aliphatic carbocycles. The van der Waals surface area contributed by atoms with E-state index in [2.05, 4.69) is 41.0 Å². The topological polar surface area (TPSA) is 23.6 Å². The van der Waals surface area contributed by atoms with Gasteiger partial charge in [-0.1, -0.05) is 36.2 Å². The third-order valence-corrected chi connectivity index (χ3v) is 6.73. The van der Waals surface area contributed by atoms with Gasteiger partial charge in [-0.2, -0.15) is 0 Å². The third kappa shape index (κ3) is 1.40. The van der Waals surface area contributed by atoms with Crippen LogP contribution >= 0.6 is 0 Å². The Morgan fingerprint density at radius 3 is 2.95 bits per heavy atom. The lowest BCUT2D eigenvalue weighted by molar-refractivity contribution is 0.144. The van der Waals surface area contributed by atoms with Gasteiger partial charge in [-0.3, -0.25) is 0 Å². The molecule has 4 atom stereocenters. The van der Waals surface area contributed by atoms with E-state index >= 15 is 0 Å². The van der Waals surface area contributed by atoms with Crippen molar-refractivity contribution in [2.45, 2.75) is 63.1 Å². The highest BCUT2D eigenvalue weighted by Gasteiger charge is 2.66. The number of hydrogen-bond acceptors (Lipinski definition) is 1. The number of carbonyl (C=O) groups excluding carboxylic acids is 1. The Labute approximate surface area is 132 Å². The largest absolute Gasteiger partial charge is 0.321 e. The Bertz CT molecular complexity index is 642. The summed E-state index contributed by atoms with van der Waals surface area (Å²) in [7, 11) is 0. The molecule has 1 saturated carbocycles. The molecule has 22 heavy (non-hydrogen) atoms. The molecule has 3 heterocycles. The molecule has 5 rings (SSSR count). The van der Waals surface area contributed by atoms with E-state index in [1.165, 1.54) is 49.7 Å². The second-order valence-corrected chi connectivity index (χ2v) is 7.76. The van der Waals surface area contributed by atoms with E-state index in [-0.39, 0.29) is 5.54 Å². The van der Waals surface area contributed by atoms with Gasteiger partial charge < -0.3 is 9.80 Å². The number of amides is 2. The maximum absolute atomic E-state index is 13.1. The minimum Gasteiger partial charge on any atom is -0.319 e. The predicted molar refractivity (Wildman–Crippen MR) is 85.6 cm³/mol. The molecule has 4 aliphatic rings. The predicted octanol–water partition coefficient (Wildman–Crippen LogP) is 3.66. The lowest BCUT2D eigenvalue weighted by Gasteiger charge is -2.38. The molecular formula is C19H24N2O. The molecule has 0 spiro atoms. The lowest BCUT2D eigenvalue weighted by atomic mass is 9.78. The molecule has 3 heteroatoms. The van der Waals surface area contributed by atoms with E-state index in [9.17, 15) is 4.79 Å². The summed E-state index contributed by atoms with van der Waals surface area (Å²) in [5, 5.41) is 0. The van der Waals surface area contributed by atoms with E-state index in [0.29, 0.717) is 18.1 Å². The maximum Gasteiger partial charge on any atom is 0.321 e. The second kappa shape index (κ2) is 4.27. The van der Waals surface area contributed by atoms with Crippen molar-refractivity contribution < 1.29 is 4.79 Å². The smallest absolute Gasteiger partial charge is 0.319 e. The van der Waals surface area contributed by atoms with Gasteiger partial charge in [-0.15, -0.1) is 0 Å². The molecule has 4 fully saturated rings. The summed E-state index contributed by atoms with van der Waals surface area (Å²) in [5.74, 6) is 0.729. The van der Waals surface area contributed by atoms with Crippen molar-refractivity contribution in [1.29, 1.82) is 0 Å². The minimum atomic E-state index is -0.0324. The number of fused-ring (bicyclic) bond motifs is 5. The Morgan fingerprint density at radius 2 is 2.09 bits per heavy atom. The summed E-state index contributed by atoms with van der Waals surface area (Å²) in [6.45, 7) is 3.13. The lowest BCUT2D eigenvalue weighted by Crippen LogP contribution is -2.46. The molecule has 1 aromatic rings. The van der Waals surface area contributed by atoms with Crippen molar-refractivity contribution in [3.8, 4) is 0 Å². The molecule has 116 valence electrons. The summed E-state index contributed by atoms with van der Waals surface area (Å²) in [6, 6.07) is 10.2. The van der Waals surface area contributed by atoms with E-state index in [1.807, 2.05) is 0 Å². The highest BCUT2D eigenvalue weighted by Crippen LogP contribution is 2.59. The Morgan fingerprint density at radius 1 is 1.18 bits per heavy atom. The van der Waals surface area contributed by atoms with Gasteiger partial charge in [-0.05, 0) is 50.5 Å².